The molecule has 8 rings (SSSR count). The van der Waals surface area contributed by atoms with Gasteiger partial charge in [0.1, 0.15) is 6.04 Å². The quantitative estimate of drug-likeness (QED) is 0.182. The van der Waals surface area contributed by atoms with Crippen LogP contribution in [0.3, 0.4) is 0 Å². The summed E-state index contributed by atoms with van der Waals surface area (Å²) in [7, 11) is 0. The molecule has 1 unspecified atom stereocenters. The van der Waals surface area contributed by atoms with Crippen LogP contribution in [0.25, 0.3) is 11.1 Å². The van der Waals surface area contributed by atoms with Crippen LogP contribution in [-0.2, 0) is 29.2 Å². The van der Waals surface area contributed by atoms with Gasteiger partial charge in [0.15, 0.2) is 0 Å². The Kier molecular flexibility index (Phi) is 8.43. The van der Waals surface area contributed by atoms with E-state index >= 15 is 0 Å². The Balaban J connectivity index is 1.00. The van der Waals surface area contributed by atoms with Gasteiger partial charge in [0.2, 0.25) is 11.8 Å². The van der Waals surface area contributed by atoms with Gasteiger partial charge in [0.05, 0.1) is 18.2 Å². The van der Waals surface area contributed by atoms with Gasteiger partial charge in [-0.3, -0.25) is 29.6 Å². The van der Waals surface area contributed by atoms with Gasteiger partial charge in [-0.25, -0.2) is 0 Å². The number of aliphatic hydroxyl groups excluding tert-OH is 1. The third kappa shape index (κ3) is 6.00. The van der Waals surface area contributed by atoms with Crippen LogP contribution in [0.2, 0.25) is 0 Å². The van der Waals surface area contributed by atoms with Crippen LogP contribution in [-0.4, -0.2) is 62.8 Å². The summed E-state index contributed by atoms with van der Waals surface area (Å²) in [5.74, 6) is -0.583. The molecule has 5 heterocycles. The molecule has 4 aromatic rings. The minimum absolute atomic E-state index is 0.0243. The molecule has 0 radical (unpaired) electrons. The first-order valence-electron chi connectivity index (χ1n) is 16.8. The number of imide groups is 1. The average Bonchev–Trinajstić information content (AvgIpc) is 3.68. The summed E-state index contributed by atoms with van der Waals surface area (Å²) in [6.45, 7) is 2.80. The van der Waals surface area contributed by atoms with Crippen molar-refractivity contribution in [2.45, 2.75) is 57.0 Å². The second kappa shape index (κ2) is 13.0. The number of nitrogens with zero attached hydrogens (tertiary/aromatic N) is 3. The van der Waals surface area contributed by atoms with Crippen molar-refractivity contribution < 1.29 is 19.5 Å². The minimum Gasteiger partial charge on any atom is -0.394 e. The number of halogens is 1. The first-order valence-corrected chi connectivity index (χ1v) is 17.6. The van der Waals surface area contributed by atoms with Gasteiger partial charge >= 0.3 is 0 Å². The lowest BCUT2D eigenvalue weighted by Crippen LogP contribution is -2.52. The number of rotatable bonds is 8. The number of hydrogen-bond acceptors (Lipinski definition) is 8. The normalized spacial score (nSPS) is 23.1. The van der Waals surface area contributed by atoms with Gasteiger partial charge in [-0.1, -0.05) is 24.3 Å². The first-order chi connectivity index (χ1) is 23.9. The molecule has 0 saturated carbocycles. The maximum atomic E-state index is 13.3. The van der Waals surface area contributed by atoms with Crippen LogP contribution in [0.1, 0.15) is 57.9 Å². The second-order valence-corrected chi connectivity index (χ2v) is 14.3. The zero-order chi connectivity index (χ0) is 33.6. The summed E-state index contributed by atoms with van der Waals surface area (Å²) in [5.41, 5.74) is 9.24. The molecule has 4 aliphatic rings. The fourth-order valence-electron chi connectivity index (χ4n) is 8.07. The Morgan fingerprint density at radius 1 is 0.959 bits per heavy atom. The van der Waals surface area contributed by atoms with Gasteiger partial charge < -0.3 is 20.6 Å². The number of hydrogen-bond donors (Lipinski definition) is 4. The zero-order valence-electron chi connectivity index (χ0n) is 26.9. The minimum atomic E-state index is -0.645. The number of pyridine rings is 1. The van der Waals surface area contributed by atoms with E-state index in [2.05, 4.69) is 96.4 Å². The van der Waals surface area contributed by atoms with Crippen molar-refractivity contribution in [1.29, 1.82) is 0 Å². The summed E-state index contributed by atoms with van der Waals surface area (Å²) in [6, 6.07) is 22.7. The molecular formula is C38H37BrN6O4. The number of piperidine rings is 1. The van der Waals surface area contributed by atoms with E-state index in [1.54, 1.807) is 4.90 Å². The smallest absolute Gasteiger partial charge is 0.256 e. The SMILES string of the molecule is O=C1CCC(N2Cc3cc(CNc4cccc(-c5ccc6c(c5)[C@H]5[C@H](CCN5Cc5ccncc5)[C@@H](CO)N6)c4)cc(Br)c3C2=O)C(=O)N1. The van der Waals surface area contributed by atoms with Gasteiger partial charge in [-0.05, 0) is 111 Å². The van der Waals surface area contributed by atoms with Crippen molar-refractivity contribution in [2.75, 3.05) is 23.8 Å². The van der Waals surface area contributed by atoms with Gasteiger partial charge in [-0.15, -0.1) is 0 Å². The first kappa shape index (κ1) is 31.7. The van der Waals surface area contributed by atoms with E-state index in [4.69, 9.17) is 0 Å². The Hall–Kier alpha value is -4.58. The van der Waals surface area contributed by atoms with Crippen LogP contribution < -0.4 is 16.0 Å². The lowest BCUT2D eigenvalue weighted by atomic mass is 9.82. The van der Waals surface area contributed by atoms with Crippen molar-refractivity contribution in [2.24, 2.45) is 5.92 Å². The molecule has 1 aromatic heterocycles. The van der Waals surface area contributed by atoms with Crippen LogP contribution >= 0.6 is 15.9 Å². The highest BCUT2D eigenvalue weighted by molar-refractivity contribution is 9.10. The second-order valence-electron chi connectivity index (χ2n) is 13.4. The molecule has 4 aliphatic heterocycles. The van der Waals surface area contributed by atoms with Crippen molar-refractivity contribution >= 4 is 45.0 Å². The number of amides is 3. The molecule has 0 bridgehead atoms. The molecule has 4 atom stereocenters. The van der Waals surface area contributed by atoms with E-state index in [0.717, 1.165) is 53.1 Å². The fourth-order valence-corrected chi connectivity index (χ4v) is 8.79. The van der Waals surface area contributed by atoms with E-state index in [1.807, 2.05) is 24.5 Å². The number of nitrogens with one attached hydrogen (secondary N) is 3. The fraction of sp³-hybridized carbons (Fsp3) is 0.316. The average molecular weight is 722 g/mol. The third-order valence-electron chi connectivity index (χ3n) is 10.4. The molecule has 4 N–H and O–H groups in total. The predicted molar refractivity (Wildman–Crippen MR) is 189 cm³/mol. The molecule has 49 heavy (non-hydrogen) atoms. The zero-order valence-corrected chi connectivity index (χ0v) is 28.4. The number of aromatic nitrogens is 1. The highest BCUT2D eigenvalue weighted by Crippen LogP contribution is 2.48. The number of benzene rings is 3. The highest BCUT2D eigenvalue weighted by atomic mass is 79.9. The number of carbonyl (C=O) groups excluding carboxylic acids is 3. The number of fused-ring (bicyclic) bond motifs is 4. The van der Waals surface area contributed by atoms with Crippen LogP contribution in [0.5, 0.6) is 0 Å². The van der Waals surface area contributed by atoms with E-state index < -0.39 is 11.9 Å². The summed E-state index contributed by atoms with van der Waals surface area (Å²) < 4.78 is 0.699. The summed E-state index contributed by atoms with van der Waals surface area (Å²) >= 11 is 3.61. The lowest BCUT2D eigenvalue weighted by molar-refractivity contribution is -0.136. The van der Waals surface area contributed by atoms with E-state index in [9.17, 15) is 19.5 Å². The van der Waals surface area contributed by atoms with Crippen LogP contribution in [0, 0.1) is 5.92 Å². The molecule has 2 fully saturated rings. The molecule has 11 heteroatoms. The molecular weight excluding hydrogens is 684 g/mol. The Morgan fingerprint density at radius 2 is 1.80 bits per heavy atom. The number of carbonyl (C=O) groups is 3. The monoisotopic (exact) mass is 720 g/mol. The highest BCUT2D eigenvalue weighted by Gasteiger charge is 2.44. The Bertz CT molecular complexity index is 1950. The Labute approximate surface area is 293 Å². The molecule has 3 aromatic carbocycles. The summed E-state index contributed by atoms with van der Waals surface area (Å²) in [5, 5.41) is 19.8. The lowest BCUT2D eigenvalue weighted by Gasteiger charge is -2.39. The van der Waals surface area contributed by atoms with Gasteiger partial charge in [0, 0.05) is 66.3 Å². The molecule has 10 nitrogen and oxygen atoms in total. The van der Waals surface area contributed by atoms with Crippen LogP contribution in [0.15, 0.2) is 83.6 Å². The summed E-state index contributed by atoms with van der Waals surface area (Å²) in [4.78, 5) is 45.7. The standard InChI is InChI=1S/C38H37BrN6O4/c39-30-15-23(14-26-20-45(38(49)35(26)30)33-6-7-34(47)43-37(33)48)18-41-27-3-1-2-24(16-27)25-4-5-31-29(17-25)36-28(32(21-46)42-31)10-13-44(36)19-22-8-11-40-12-9-22/h1-5,8-9,11-12,14-17,28,32-33,36,41-42,46H,6-7,10,13,18-21H2,(H,43,47,48)/t28-,32-,33?,36-/m1/s1. The topological polar surface area (TPSA) is 127 Å². The van der Waals surface area contributed by atoms with E-state index in [1.165, 1.54) is 11.1 Å². The Morgan fingerprint density at radius 3 is 2.61 bits per heavy atom. The number of likely N-dealkylation sites (tertiary alicyclic amines) is 1. The maximum Gasteiger partial charge on any atom is 0.256 e. The molecule has 2 saturated heterocycles. The largest absolute Gasteiger partial charge is 0.394 e. The summed E-state index contributed by atoms with van der Waals surface area (Å²) in [6.07, 6.45) is 5.28. The number of anilines is 2. The van der Waals surface area contributed by atoms with Gasteiger partial charge in [0.25, 0.3) is 5.91 Å². The van der Waals surface area contributed by atoms with Crippen molar-refractivity contribution in [3.05, 3.63) is 111 Å². The van der Waals surface area contributed by atoms with E-state index in [-0.39, 0.29) is 36.9 Å². The molecule has 250 valence electrons. The van der Waals surface area contributed by atoms with Gasteiger partial charge in [-0.2, -0.15) is 0 Å². The maximum absolute atomic E-state index is 13.3. The predicted octanol–water partition coefficient (Wildman–Crippen LogP) is 5.23. The third-order valence-corrected chi connectivity index (χ3v) is 11.1. The van der Waals surface area contributed by atoms with Crippen molar-refractivity contribution in [1.82, 2.24) is 20.1 Å². The van der Waals surface area contributed by atoms with E-state index in [0.29, 0.717) is 35.5 Å². The molecule has 0 aliphatic carbocycles. The van der Waals surface area contributed by atoms with Crippen molar-refractivity contribution in [3.63, 3.8) is 0 Å². The molecule has 3 amide bonds. The number of aliphatic hydroxyl groups is 1. The molecule has 0 spiro atoms. The van der Waals surface area contributed by atoms with Crippen LogP contribution in [0.4, 0.5) is 11.4 Å². The van der Waals surface area contributed by atoms with Crippen molar-refractivity contribution in [3.8, 4) is 11.1 Å².